The summed E-state index contributed by atoms with van der Waals surface area (Å²) < 4.78 is 18.8. The van der Waals surface area contributed by atoms with Gasteiger partial charge in [0.15, 0.2) is 4.80 Å². The lowest BCUT2D eigenvalue weighted by molar-refractivity contribution is -0.143. The first-order valence-electron chi connectivity index (χ1n) is 13.1. The van der Waals surface area contributed by atoms with Crippen molar-refractivity contribution in [2.24, 2.45) is 4.99 Å². The van der Waals surface area contributed by atoms with E-state index in [2.05, 4.69) is 4.99 Å². The van der Waals surface area contributed by atoms with Gasteiger partial charge >= 0.3 is 5.97 Å². The molecule has 4 aromatic rings. The molecule has 1 aromatic heterocycles. The van der Waals surface area contributed by atoms with E-state index in [-0.39, 0.29) is 11.7 Å². The second kappa shape index (κ2) is 12.2. The van der Waals surface area contributed by atoms with Crippen molar-refractivity contribution in [2.45, 2.75) is 39.5 Å². The molecule has 1 unspecified atom stereocenters. The molecule has 1 aliphatic rings. The number of nitrogens with zero attached hydrogens (tertiary/aromatic N) is 2. The second-order valence-electron chi connectivity index (χ2n) is 9.76. The molecule has 0 saturated heterocycles. The van der Waals surface area contributed by atoms with Gasteiger partial charge in [-0.3, -0.25) is 9.36 Å². The summed E-state index contributed by atoms with van der Waals surface area (Å²) in [6, 6.07) is 21.6. The topological polar surface area (TPSA) is 79.1 Å². The van der Waals surface area contributed by atoms with Gasteiger partial charge in [0.25, 0.3) is 5.56 Å². The Morgan fingerprint density at radius 3 is 2.39 bits per heavy atom. The van der Waals surface area contributed by atoms with Crippen LogP contribution >= 0.6 is 22.9 Å². The van der Waals surface area contributed by atoms with Crippen LogP contribution in [0.4, 0.5) is 0 Å². The van der Waals surface area contributed by atoms with Crippen LogP contribution in [0.25, 0.3) is 6.08 Å². The van der Waals surface area contributed by atoms with E-state index in [0.29, 0.717) is 43.7 Å². The first kappa shape index (κ1) is 28.4. The summed E-state index contributed by atoms with van der Waals surface area (Å²) >= 11 is 7.51. The van der Waals surface area contributed by atoms with Gasteiger partial charge in [0.05, 0.1) is 35.1 Å². The number of aromatic nitrogens is 1. The summed E-state index contributed by atoms with van der Waals surface area (Å²) in [4.78, 5) is 32.2. The Morgan fingerprint density at radius 2 is 1.73 bits per heavy atom. The van der Waals surface area contributed by atoms with E-state index in [4.69, 9.17) is 25.8 Å². The SMILES string of the molecule is COc1ccc(C2C(C(=O)OC(C)C)=C(C)N=c3s/c(=C\c4ccc(OCc5ccccc5Cl)cc4)c(=O)n32)cc1. The van der Waals surface area contributed by atoms with Gasteiger partial charge in [-0.05, 0) is 68.3 Å². The van der Waals surface area contributed by atoms with Crippen molar-refractivity contribution in [1.82, 2.24) is 4.57 Å². The molecular weight excluding hydrogens is 560 g/mol. The minimum Gasteiger partial charge on any atom is -0.497 e. The lowest BCUT2D eigenvalue weighted by Gasteiger charge is -2.25. The molecule has 0 spiro atoms. The third kappa shape index (κ3) is 6.14. The van der Waals surface area contributed by atoms with E-state index < -0.39 is 12.0 Å². The lowest BCUT2D eigenvalue weighted by atomic mass is 9.96. The van der Waals surface area contributed by atoms with E-state index in [9.17, 15) is 9.59 Å². The zero-order chi connectivity index (χ0) is 29.1. The summed E-state index contributed by atoms with van der Waals surface area (Å²) in [5.41, 5.74) is 3.10. The minimum atomic E-state index is -0.689. The quantitative estimate of drug-likeness (QED) is 0.257. The van der Waals surface area contributed by atoms with Crippen molar-refractivity contribution < 1.29 is 19.0 Å². The Bertz CT molecular complexity index is 1790. The average Bonchev–Trinajstić information content (AvgIpc) is 3.26. The number of thiazole rings is 1. The molecular formula is C32H29ClN2O5S. The van der Waals surface area contributed by atoms with Crippen molar-refractivity contribution in [2.75, 3.05) is 7.11 Å². The predicted molar refractivity (Wildman–Crippen MR) is 160 cm³/mol. The third-order valence-corrected chi connectivity index (χ3v) is 7.90. The second-order valence-corrected chi connectivity index (χ2v) is 11.2. The summed E-state index contributed by atoms with van der Waals surface area (Å²) in [7, 11) is 1.59. The summed E-state index contributed by atoms with van der Waals surface area (Å²) in [6.07, 6.45) is 1.50. The molecule has 41 heavy (non-hydrogen) atoms. The highest BCUT2D eigenvalue weighted by Crippen LogP contribution is 2.32. The van der Waals surface area contributed by atoms with Crippen LogP contribution in [0.3, 0.4) is 0 Å². The van der Waals surface area contributed by atoms with Gasteiger partial charge in [-0.15, -0.1) is 0 Å². The normalized spacial score (nSPS) is 15.0. The molecule has 2 heterocycles. The Balaban J connectivity index is 1.50. The van der Waals surface area contributed by atoms with E-state index in [1.807, 2.05) is 66.7 Å². The van der Waals surface area contributed by atoms with Crippen molar-refractivity contribution in [3.05, 3.63) is 125 Å². The van der Waals surface area contributed by atoms with Crippen LogP contribution in [0.1, 0.15) is 43.5 Å². The van der Waals surface area contributed by atoms with Crippen LogP contribution in [0.15, 0.2) is 93.9 Å². The molecule has 9 heteroatoms. The van der Waals surface area contributed by atoms with Crippen molar-refractivity contribution in [3.63, 3.8) is 0 Å². The van der Waals surface area contributed by atoms with Gasteiger partial charge in [-0.25, -0.2) is 9.79 Å². The molecule has 0 aliphatic carbocycles. The van der Waals surface area contributed by atoms with Crippen molar-refractivity contribution >= 4 is 35.0 Å². The molecule has 1 atom stereocenters. The number of fused-ring (bicyclic) bond motifs is 1. The fourth-order valence-electron chi connectivity index (χ4n) is 4.55. The fraction of sp³-hybridized carbons (Fsp3) is 0.219. The van der Waals surface area contributed by atoms with Crippen molar-refractivity contribution in [3.8, 4) is 11.5 Å². The smallest absolute Gasteiger partial charge is 0.338 e. The number of allylic oxidation sites excluding steroid dienone is 1. The highest BCUT2D eigenvalue weighted by molar-refractivity contribution is 7.07. The molecule has 0 radical (unpaired) electrons. The van der Waals surface area contributed by atoms with Crippen LogP contribution in [-0.2, 0) is 16.1 Å². The zero-order valence-electron chi connectivity index (χ0n) is 23.1. The minimum absolute atomic E-state index is 0.240. The first-order valence-corrected chi connectivity index (χ1v) is 14.3. The average molecular weight is 589 g/mol. The number of carbonyl (C=O) groups excluding carboxylic acids is 1. The first-order chi connectivity index (χ1) is 19.7. The highest BCUT2D eigenvalue weighted by atomic mass is 35.5. The predicted octanol–water partition coefficient (Wildman–Crippen LogP) is 5.43. The van der Waals surface area contributed by atoms with Gasteiger partial charge in [-0.1, -0.05) is 65.4 Å². The molecule has 0 bridgehead atoms. The van der Waals surface area contributed by atoms with Gasteiger partial charge in [0.2, 0.25) is 0 Å². The Labute approximate surface area is 246 Å². The summed E-state index contributed by atoms with van der Waals surface area (Å²) in [6.45, 7) is 5.70. The van der Waals surface area contributed by atoms with Gasteiger partial charge < -0.3 is 14.2 Å². The Morgan fingerprint density at radius 1 is 1.05 bits per heavy atom. The molecule has 0 saturated carbocycles. The van der Waals surface area contributed by atoms with Crippen LogP contribution in [0.5, 0.6) is 11.5 Å². The Hall–Kier alpha value is -4.14. The number of ether oxygens (including phenoxy) is 3. The number of hydrogen-bond donors (Lipinski definition) is 0. The molecule has 5 rings (SSSR count). The van der Waals surface area contributed by atoms with E-state index in [0.717, 1.165) is 16.7 Å². The van der Waals surface area contributed by atoms with Crippen LogP contribution in [-0.4, -0.2) is 23.8 Å². The number of benzene rings is 3. The number of methoxy groups -OCH3 is 1. The van der Waals surface area contributed by atoms with Gasteiger partial charge in [-0.2, -0.15) is 0 Å². The Kier molecular flexibility index (Phi) is 8.42. The summed E-state index contributed by atoms with van der Waals surface area (Å²) in [5.74, 6) is 0.864. The van der Waals surface area contributed by atoms with Crippen LogP contribution in [0.2, 0.25) is 5.02 Å². The molecule has 0 amide bonds. The number of esters is 1. The third-order valence-electron chi connectivity index (χ3n) is 6.55. The number of halogens is 1. The maximum Gasteiger partial charge on any atom is 0.338 e. The number of carbonyl (C=O) groups is 1. The molecule has 7 nitrogen and oxygen atoms in total. The summed E-state index contributed by atoms with van der Waals surface area (Å²) in [5, 5.41) is 0.656. The molecule has 0 fully saturated rings. The van der Waals surface area contributed by atoms with Gasteiger partial charge in [0, 0.05) is 10.6 Å². The van der Waals surface area contributed by atoms with Crippen molar-refractivity contribution in [1.29, 1.82) is 0 Å². The molecule has 1 aliphatic heterocycles. The van der Waals surface area contributed by atoms with E-state index in [1.54, 1.807) is 44.6 Å². The maximum absolute atomic E-state index is 13.8. The number of rotatable bonds is 8. The zero-order valence-corrected chi connectivity index (χ0v) is 24.7. The number of hydrogen-bond acceptors (Lipinski definition) is 7. The lowest BCUT2D eigenvalue weighted by Crippen LogP contribution is -2.40. The fourth-order valence-corrected chi connectivity index (χ4v) is 5.79. The standard InChI is InChI=1S/C32H29ClN2O5S/c1-19(2)40-31(37)28-20(3)34-32-35(29(28)22-11-15-24(38-4)16-12-22)30(36)27(41-32)17-21-9-13-25(14-10-21)39-18-23-7-5-6-8-26(23)33/h5-17,19,29H,18H2,1-4H3/b27-17-. The largest absolute Gasteiger partial charge is 0.497 e. The highest BCUT2D eigenvalue weighted by Gasteiger charge is 2.33. The molecule has 3 aromatic carbocycles. The maximum atomic E-state index is 13.8. The van der Waals surface area contributed by atoms with E-state index in [1.165, 1.54) is 11.3 Å². The monoisotopic (exact) mass is 588 g/mol. The van der Waals surface area contributed by atoms with E-state index >= 15 is 0 Å². The molecule has 0 N–H and O–H groups in total. The van der Waals surface area contributed by atoms with Gasteiger partial charge in [0.1, 0.15) is 18.1 Å². The van der Waals surface area contributed by atoms with Crippen LogP contribution in [0, 0.1) is 0 Å². The molecule has 210 valence electrons. The van der Waals surface area contributed by atoms with Crippen LogP contribution < -0.4 is 24.4 Å².